The predicted octanol–water partition coefficient (Wildman–Crippen LogP) is 0.840. The molecule has 2 unspecified atom stereocenters. The third kappa shape index (κ3) is 2.15. The number of aliphatic hydroxyl groups is 2. The van der Waals surface area contributed by atoms with Gasteiger partial charge in [0.05, 0.1) is 16.8 Å². The molecule has 1 aromatic carbocycles. The summed E-state index contributed by atoms with van der Waals surface area (Å²) >= 11 is 5.66. The molecule has 0 fully saturated rings. The first-order valence-corrected chi connectivity index (χ1v) is 4.24. The van der Waals surface area contributed by atoms with E-state index in [9.17, 15) is 5.11 Å². The number of hydrogen-bond acceptors (Lipinski definition) is 4. The molecule has 2 atom stereocenters. The number of nitrogens with two attached hydrogens (primary N) is 1. The van der Waals surface area contributed by atoms with Crippen LogP contribution in [0.5, 0.6) is 0 Å². The second kappa shape index (κ2) is 4.29. The summed E-state index contributed by atoms with van der Waals surface area (Å²) in [5, 5.41) is 27.2. The Kier molecular flexibility index (Phi) is 3.31. The molecule has 0 radical (unpaired) electrons. The smallest absolute Gasteiger partial charge is 0.170 e. The van der Waals surface area contributed by atoms with Gasteiger partial charge in [0.25, 0.3) is 0 Å². The zero-order valence-corrected chi connectivity index (χ0v) is 7.94. The largest absolute Gasteiger partial charge is 0.398 e. The molecule has 0 aliphatic heterocycles. The lowest BCUT2D eigenvalue weighted by Crippen LogP contribution is -2.15. The van der Waals surface area contributed by atoms with E-state index in [-0.39, 0.29) is 0 Å². The Bertz CT molecular complexity index is 376. The van der Waals surface area contributed by atoms with Crippen molar-refractivity contribution >= 4 is 17.3 Å². The zero-order valence-electron chi connectivity index (χ0n) is 7.18. The van der Waals surface area contributed by atoms with Crippen LogP contribution < -0.4 is 5.73 Å². The molecule has 1 rings (SSSR count). The van der Waals surface area contributed by atoms with Gasteiger partial charge in [-0.15, -0.1) is 0 Å². The highest BCUT2D eigenvalue weighted by Gasteiger charge is 2.17. The van der Waals surface area contributed by atoms with Gasteiger partial charge in [0.2, 0.25) is 0 Å². The minimum atomic E-state index is -1.46. The van der Waals surface area contributed by atoms with E-state index in [0.29, 0.717) is 16.3 Å². The van der Waals surface area contributed by atoms with Crippen molar-refractivity contribution in [2.24, 2.45) is 0 Å². The normalized spacial score (nSPS) is 14.4. The average Bonchev–Trinajstić information content (AvgIpc) is 2.20. The summed E-state index contributed by atoms with van der Waals surface area (Å²) in [6.45, 7) is 0. The van der Waals surface area contributed by atoms with E-state index >= 15 is 0 Å². The molecule has 4 nitrogen and oxygen atoms in total. The number of anilines is 1. The summed E-state index contributed by atoms with van der Waals surface area (Å²) in [5.41, 5.74) is 6.15. The minimum absolute atomic E-state index is 0.299. The zero-order chi connectivity index (χ0) is 10.7. The van der Waals surface area contributed by atoms with Crippen molar-refractivity contribution in [2.75, 3.05) is 5.73 Å². The van der Waals surface area contributed by atoms with Crippen LogP contribution in [0.1, 0.15) is 11.7 Å². The Hall–Kier alpha value is -1.28. The fourth-order valence-corrected chi connectivity index (χ4v) is 1.12. The van der Waals surface area contributed by atoms with Gasteiger partial charge in [0.15, 0.2) is 6.10 Å². The summed E-state index contributed by atoms with van der Waals surface area (Å²) in [5.74, 6) is 0. The van der Waals surface area contributed by atoms with Crippen molar-refractivity contribution in [3.05, 3.63) is 28.8 Å². The Labute approximate surface area is 86.2 Å². The predicted molar refractivity (Wildman–Crippen MR) is 52.4 cm³/mol. The molecule has 0 aliphatic carbocycles. The van der Waals surface area contributed by atoms with Gasteiger partial charge < -0.3 is 15.9 Å². The number of aliphatic hydroxyl groups excluding tert-OH is 2. The highest BCUT2D eigenvalue weighted by atomic mass is 35.5. The highest BCUT2D eigenvalue weighted by Crippen LogP contribution is 2.24. The molecule has 0 spiro atoms. The molecule has 74 valence electrons. The van der Waals surface area contributed by atoms with Crippen LogP contribution in [0.2, 0.25) is 5.02 Å². The second-order valence-electron chi connectivity index (χ2n) is 2.80. The van der Waals surface area contributed by atoms with Crippen LogP contribution in [0, 0.1) is 11.3 Å². The number of nitriles is 1. The first-order chi connectivity index (χ1) is 6.56. The molecule has 0 saturated heterocycles. The molecule has 4 N–H and O–H groups in total. The Balaban J connectivity index is 2.98. The summed E-state index contributed by atoms with van der Waals surface area (Å²) < 4.78 is 0. The monoisotopic (exact) mass is 212 g/mol. The fraction of sp³-hybridized carbons (Fsp3) is 0.222. The van der Waals surface area contributed by atoms with Crippen LogP contribution in [0.4, 0.5) is 5.69 Å². The molecular formula is C9H9ClN2O2. The topological polar surface area (TPSA) is 90.3 Å². The number of nitrogens with zero attached hydrogens (tertiary/aromatic N) is 1. The maximum Gasteiger partial charge on any atom is 0.170 e. The Morgan fingerprint density at radius 3 is 2.57 bits per heavy atom. The van der Waals surface area contributed by atoms with E-state index < -0.39 is 12.2 Å². The van der Waals surface area contributed by atoms with E-state index in [1.54, 1.807) is 0 Å². The van der Waals surface area contributed by atoms with Gasteiger partial charge in [-0.1, -0.05) is 17.7 Å². The SMILES string of the molecule is N#CC(O)C(O)c1ccc(Cl)c(N)c1. The van der Waals surface area contributed by atoms with Crippen LogP contribution >= 0.6 is 11.6 Å². The Morgan fingerprint density at radius 2 is 2.07 bits per heavy atom. The molecule has 1 aromatic rings. The van der Waals surface area contributed by atoms with Gasteiger partial charge in [-0.3, -0.25) is 0 Å². The summed E-state index contributed by atoms with van der Waals surface area (Å²) in [6, 6.07) is 5.96. The molecule has 0 amide bonds. The maximum absolute atomic E-state index is 9.43. The molecule has 5 heteroatoms. The summed E-state index contributed by atoms with van der Waals surface area (Å²) in [7, 11) is 0. The van der Waals surface area contributed by atoms with E-state index in [1.807, 2.05) is 0 Å². The van der Waals surface area contributed by atoms with Crippen LogP contribution in [0.15, 0.2) is 18.2 Å². The van der Waals surface area contributed by atoms with Crippen molar-refractivity contribution < 1.29 is 10.2 Å². The van der Waals surface area contributed by atoms with Crippen molar-refractivity contribution in [3.8, 4) is 6.07 Å². The molecule has 0 saturated carbocycles. The number of nitrogen functional groups attached to an aromatic ring is 1. The van der Waals surface area contributed by atoms with Gasteiger partial charge in [0.1, 0.15) is 6.10 Å². The molecule has 0 aromatic heterocycles. The number of benzene rings is 1. The first-order valence-electron chi connectivity index (χ1n) is 3.87. The van der Waals surface area contributed by atoms with Crippen LogP contribution in [0.3, 0.4) is 0 Å². The quantitative estimate of drug-likeness (QED) is 0.501. The molecule has 14 heavy (non-hydrogen) atoms. The van der Waals surface area contributed by atoms with Gasteiger partial charge in [-0.05, 0) is 17.7 Å². The third-order valence-electron chi connectivity index (χ3n) is 1.79. The summed E-state index contributed by atoms with van der Waals surface area (Å²) in [4.78, 5) is 0. The summed E-state index contributed by atoms with van der Waals surface area (Å²) in [6.07, 6.45) is -2.73. The molecule has 0 heterocycles. The van der Waals surface area contributed by atoms with Gasteiger partial charge in [-0.25, -0.2) is 0 Å². The van der Waals surface area contributed by atoms with E-state index in [2.05, 4.69) is 0 Å². The minimum Gasteiger partial charge on any atom is -0.398 e. The highest BCUT2D eigenvalue weighted by molar-refractivity contribution is 6.33. The standard InChI is InChI=1S/C9H9ClN2O2/c10-6-2-1-5(3-7(6)12)9(14)8(13)4-11/h1-3,8-9,13-14H,12H2. The third-order valence-corrected chi connectivity index (χ3v) is 2.14. The van der Waals surface area contributed by atoms with Crippen molar-refractivity contribution in [2.45, 2.75) is 12.2 Å². The average molecular weight is 213 g/mol. The van der Waals surface area contributed by atoms with E-state index in [4.69, 9.17) is 27.7 Å². The van der Waals surface area contributed by atoms with Crippen LogP contribution in [0.25, 0.3) is 0 Å². The van der Waals surface area contributed by atoms with Gasteiger partial charge >= 0.3 is 0 Å². The Morgan fingerprint density at radius 1 is 1.43 bits per heavy atom. The van der Waals surface area contributed by atoms with Gasteiger partial charge in [-0.2, -0.15) is 5.26 Å². The number of halogens is 1. The molecule has 0 aliphatic rings. The first kappa shape index (κ1) is 10.8. The maximum atomic E-state index is 9.43. The number of rotatable bonds is 2. The lowest BCUT2D eigenvalue weighted by atomic mass is 10.0. The van der Waals surface area contributed by atoms with Gasteiger partial charge in [0, 0.05) is 0 Å². The lowest BCUT2D eigenvalue weighted by molar-refractivity contribution is 0.0528. The molecule has 0 bridgehead atoms. The van der Waals surface area contributed by atoms with Crippen molar-refractivity contribution in [1.29, 1.82) is 5.26 Å². The fourth-order valence-electron chi connectivity index (χ4n) is 0.999. The lowest BCUT2D eigenvalue weighted by Gasteiger charge is -2.12. The number of hydrogen-bond donors (Lipinski definition) is 3. The molecular weight excluding hydrogens is 204 g/mol. The van der Waals surface area contributed by atoms with Crippen molar-refractivity contribution in [3.63, 3.8) is 0 Å². The van der Waals surface area contributed by atoms with Crippen molar-refractivity contribution in [1.82, 2.24) is 0 Å². The second-order valence-corrected chi connectivity index (χ2v) is 3.21. The van der Waals surface area contributed by atoms with E-state index in [1.165, 1.54) is 24.3 Å². The van der Waals surface area contributed by atoms with Crippen LogP contribution in [-0.2, 0) is 0 Å². The van der Waals surface area contributed by atoms with Crippen LogP contribution in [-0.4, -0.2) is 16.3 Å². The van der Waals surface area contributed by atoms with E-state index in [0.717, 1.165) is 0 Å².